The molecule has 0 spiro atoms. The highest BCUT2D eigenvalue weighted by atomic mass is 32.2. The molecule has 0 radical (unpaired) electrons. The molecule has 0 aliphatic rings. The van der Waals surface area contributed by atoms with Crippen LogP contribution in [0.5, 0.6) is 5.75 Å². The van der Waals surface area contributed by atoms with Crippen molar-refractivity contribution in [3.8, 4) is 51.0 Å². The number of benzene rings is 2. The summed E-state index contributed by atoms with van der Waals surface area (Å²) in [6.07, 6.45) is 1.79. The third-order valence-corrected chi connectivity index (χ3v) is 7.48. The molecule has 0 aliphatic heterocycles. The van der Waals surface area contributed by atoms with Crippen LogP contribution in [-0.2, 0) is 0 Å². The van der Waals surface area contributed by atoms with E-state index in [0.717, 1.165) is 55.0 Å². The lowest BCUT2D eigenvalue weighted by molar-refractivity contribution is 0.477. The van der Waals surface area contributed by atoms with Crippen LogP contribution in [0.25, 0.3) is 45.3 Å². The summed E-state index contributed by atoms with van der Waals surface area (Å²) in [5.41, 5.74) is 7.89. The van der Waals surface area contributed by atoms with E-state index in [0.29, 0.717) is 23.0 Å². The van der Waals surface area contributed by atoms with Crippen molar-refractivity contribution < 1.29 is 5.11 Å². The molecule has 0 unspecified atom stereocenters. The van der Waals surface area contributed by atoms with Crippen molar-refractivity contribution in [2.45, 2.75) is 37.6 Å². The number of hydrogen-bond donors (Lipinski definition) is 1. The fraction of sp³-hybridized carbons (Fsp3) is 0.118. The number of aromatic nitrogens is 6. The van der Waals surface area contributed by atoms with Crippen LogP contribution in [0.3, 0.4) is 0 Å². The highest BCUT2D eigenvalue weighted by Crippen LogP contribution is 2.36. The summed E-state index contributed by atoms with van der Waals surface area (Å²) in [7, 11) is 0. The normalized spacial score (nSPS) is 11.0. The molecule has 0 atom stereocenters. The predicted octanol–water partition coefficient (Wildman–Crippen LogP) is 7.82. The van der Waals surface area contributed by atoms with Crippen LogP contribution in [0.2, 0.25) is 0 Å². The predicted molar refractivity (Wildman–Crippen MR) is 166 cm³/mol. The van der Waals surface area contributed by atoms with Gasteiger partial charge >= 0.3 is 0 Å². The zero-order valence-corrected chi connectivity index (χ0v) is 24.5. The molecule has 4 heterocycles. The summed E-state index contributed by atoms with van der Waals surface area (Å²) >= 11 is 1.57. The average Bonchev–Trinajstić information content (AvgIpc) is 2.96. The van der Waals surface area contributed by atoms with Crippen molar-refractivity contribution in [3.63, 3.8) is 0 Å². The zero-order valence-electron chi connectivity index (χ0n) is 23.7. The maximum Gasteiger partial charge on any atom is 0.167 e. The molecule has 0 fully saturated rings. The van der Waals surface area contributed by atoms with E-state index in [9.17, 15) is 5.11 Å². The summed E-state index contributed by atoms with van der Waals surface area (Å²) in [5.74, 6) is 1.50. The number of aromatic hydroxyl groups is 1. The van der Waals surface area contributed by atoms with Crippen LogP contribution in [0, 0.1) is 27.7 Å². The molecule has 8 heteroatoms. The van der Waals surface area contributed by atoms with Crippen molar-refractivity contribution in [2.75, 3.05) is 0 Å². The van der Waals surface area contributed by atoms with Crippen molar-refractivity contribution in [1.29, 1.82) is 0 Å². The standard InChI is InChI=1S/C34H28N6OS/c1-20-13-24(14-21(2)36-20)25-17-27(19-28(18-25)42-31-11-7-8-12-35-31)33-38-32(26-15-22(3)37-23(4)16-26)39-34(40-33)29-9-5-6-10-30(29)41/h5-19,41H,1-4H3. The molecule has 2 aromatic carbocycles. The third kappa shape index (κ3) is 6.04. The first-order valence-electron chi connectivity index (χ1n) is 13.5. The first-order valence-corrected chi connectivity index (χ1v) is 14.3. The second-order valence-electron chi connectivity index (χ2n) is 10.1. The number of pyridine rings is 3. The van der Waals surface area contributed by atoms with Gasteiger partial charge in [-0.1, -0.05) is 30.0 Å². The van der Waals surface area contributed by atoms with E-state index in [1.54, 1.807) is 30.1 Å². The van der Waals surface area contributed by atoms with Gasteiger partial charge in [0.25, 0.3) is 0 Å². The van der Waals surface area contributed by atoms with Gasteiger partial charge < -0.3 is 5.11 Å². The molecule has 6 rings (SSSR count). The van der Waals surface area contributed by atoms with E-state index in [4.69, 9.17) is 15.0 Å². The van der Waals surface area contributed by atoms with Crippen molar-refractivity contribution >= 4 is 11.8 Å². The molecule has 4 aromatic heterocycles. The van der Waals surface area contributed by atoms with Crippen LogP contribution in [0.15, 0.2) is 101 Å². The maximum absolute atomic E-state index is 10.7. The Morgan fingerprint density at radius 2 is 1.05 bits per heavy atom. The average molecular weight is 569 g/mol. The van der Waals surface area contributed by atoms with E-state index in [1.807, 2.05) is 70.2 Å². The second kappa shape index (κ2) is 11.5. The molecule has 0 saturated carbocycles. The number of phenols is 1. The van der Waals surface area contributed by atoms with E-state index in [2.05, 4.69) is 45.3 Å². The van der Waals surface area contributed by atoms with Gasteiger partial charge in [0.15, 0.2) is 17.5 Å². The molecule has 0 aliphatic carbocycles. The minimum absolute atomic E-state index is 0.102. The van der Waals surface area contributed by atoms with Crippen molar-refractivity contribution in [2.24, 2.45) is 0 Å². The molecular weight excluding hydrogens is 540 g/mol. The Morgan fingerprint density at radius 1 is 0.524 bits per heavy atom. The van der Waals surface area contributed by atoms with Crippen LogP contribution < -0.4 is 0 Å². The lowest BCUT2D eigenvalue weighted by Gasteiger charge is -2.13. The van der Waals surface area contributed by atoms with Crippen LogP contribution >= 0.6 is 11.8 Å². The first kappa shape index (κ1) is 27.2. The Hall–Kier alpha value is -4.95. The zero-order chi connectivity index (χ0) is 29.2. The van der Waals surface area contributed by atoms with E-state index in [1.165, 1.54) is 0 Å². The third-order valence-electron chi connectivity index (χ3n) is 6.56. The van der Waals surface area contributed by atoms with Gasteiger partial charge in [-0.3, -0.25) is 9.97 Å². The molecular formula is C34H28N6OS. The topological polar surface area (TPSA) is 97.6 Å². The number of nitrogens with zero attached hydrogens (tertiary/aromatic N) is 6. The van der Waals surface area contributed by atoms with Gasteiger partial charge in [-0.2, -0.15) is 0 Å². The van der Waals surface area contributed by atoms with E-state index in [-0.39, 0.29) is 5.75 Å². The first-order chi connectivity index (χ1) is 20.3. The molecule has 1 N–H and O–H groups in total. The maximum atomic E-state index is 10.7. The van der Waals surface area contributed by atoms with Gasteiger partial charge in [-0.25, -0.2) is 19.9 Å². The molecule has 42 heavy (non-hydrogen) atoms. The minimum atomic E-state index is 0.102. The molecule has 7 nitrogen and oxygen atoms in total. The Kier molecular flexibility index (Phi) is 7.46. The fourth-order valence-corrected chi connectivity index (χ4v) is 5.74. The van der Waals surface area contributed by atoms with Gasteiger partial charge in [0.2, 0.25) is 0 Å². The summed E-state index contributed by atoms with van der Waals surface area (Å²) < 4.78 is 0. The van der Waals surface area contributed by atoms with Crippen molar-refractivity contribution in [1.82, 2.24) is 29.9 Å². The summed E-state index contributed by atoms with van der Waals surface area (Å²) in [5, 5.41) is 11.6. The number of phenolic OH excluding ortho intramolecular Hbond substituents is 1. The summed E-state index contributed by atoms with van der Waals surface area (Å²) in [6, 6.07) is 27.3. The van der Waals surface area contributed by atoms with Crippen LogP contribution in [0.1, 0.15) is 22.8 Å². The quantitative estimate of drug-likeness (QED) is 0.217. The number of para-hydroxylation sites is 1. The lowest BCUT2D eigenvalue weighted by atomic mass is 10.0. The minimum Gasteiger partial charge on any atom is -0.507 e. The van der Waals surface area contributed by atoms with Crippen LogP contribution in [-0.4, -0.2) is 35.0 Å². The Morgan fingerprint density at radius 3 is 1.67 bits per heavy atom. The van der Waals surface area contributed by atoms with Gasteiger partial charge in [0, 0.05) is 45.0 Å². The molecule has 0 saturated heterocycles. The monoisotopic (exact) mass is 568 g/mol. The SMILES string of the molecule is Cc1cc(-c2cc(Sc3ccccn3)cc(-c3nc(-c4cc(C)nc(C)c4)nc(-c4ccccc4O)n3)c2)cc(C)n1. The summed E-state index contributed by atoms with van der Waals surface area (Å²) in [4.78, 5) is 29.3. The van der Waals surface area contributed by atoms with Gasteiger partial charge in [0.05, 0.1) is 5.56 Å². The fourth-order valence-electron chi connectivity index (χ4n) is 4.86. The summed E-state index contributed by atoms with van der Waals surface area (Å²) in [6.45, 7) is 7.90. The number of aryl methyl sites for hydroxylation is 4. The largest absolute Gasteiger partial charge is 0.507 e. The molecule has 0 bridgehead atoms. The Balaban J connectivity index is 1.58. The smallest absolute Gasteiger partial charge is 0.167 e. The Bertz CT molecular complexity index is 1890. The molecule has 206 valence electrons. The van der Waals surface area contributed by atoms with Crippen LogP contribution in [0.4, 0.5) is 0 Å². The number of rotatable bonds is 6. The van der Waals surface area contributed by atoms with Gasteiger partial charge in [-0.05, 0) is 106 Å². The lowest BCUT2D eigenvalue weighted by Crippen LogP contribution is -2.01. The highest BCUT2D eigenvalue weighted by molar-refractivity contribution is 7.99. The van der Waals surface area contributed by atoms with Gasteiger partial charge in [0.1, 0.15) is 10.8 Å². The molecule has 6 aromatic rings. The Labute approximate surface area is 248 Å². The number of hydrogen-bond acceptors (Lipinski definition) is 8. The molecule has 0 amide bonds. The van der Waals surface area contributed by atoms with E-state index < -0.39 is 0 Å². The highest BCUT2D eigenvalue weighted by Gasteiger charge is 2.17. The van der Waals surface area contributed by atoms with E-state index >= 15 is 0 Å². The second-order valence-corrected chi connectivity index (χ2v) is 11.2. The van der Waals surface area contributed by atoms with Gasteiger partial charge in [-0.15, -0.1) is 0 Å². The van der Waals surface area contributed by atoms with Crippen molar-refractivity contribution in [3.05, 3.63) is 114 Å².